The smallest absolute Gasteiger partial charge is 0.243 e. The lowest BCUT2D eigenvalue weighted by Crippen LogP contribution is -2.45. The molecule has 1 saturated heterocycles. The summed E-state index contributed by atoms with van der Waals surface area (Å²) in [5.74, 6) is 1.80. The molecule has 6 heteroatoms. The SMILES string of the molecule is CN(C)C(=O)CN=C(NCCc1ccco1)N1CCCCC1. The largest absolute Gasteiger partial charge is 0.469 e. The minimum absolute atomic E-state index is 0.0161. The number of rotatable bonds is 5. The van der Waals surface area contributed by atoms with Gasteiger partial charge in [0.25, 0.3) is 0 Å². The molecule has 1 N–H and O–H groups in total. The molecular formula is C16H26N4O2. The van der Waals surface area contributed by atoms with Crippen LogP contribution in [0, 0.1) is 0 Å². The van der Waals surface area contributed by atoms with Gasteiger partial charge in [-0.25, -0.2) is 4.99 Å². The third kappa shape index (κ3) is 5.09. The first-order valence-electron chi connectivity index (χ1n) is 7.92. The number of likely N-dealkylation sites (N-methyl/N-ethyl adjacent to an activating group) is 1. The van der Waals surface area contributed by atoms with E-state index in [2.05, 4.69) is 15.2 Å². The summed E-state index contributed by atoms with van der Waals surface area (Å²) in [6.07, 6.45) is 6.13. The molecule has 1 fully saturated rings. The predicted octanol–water partition coefficient (Wildman–Crippen LogP) is 1.34. The van der Waals surface area contributed by atoms with Crippen molar-refractivity contribution in [2.75, 3.05) is 40.3 Å². The van der Waals surface area contributed by atoms with Gasteiger partial charge < -0.3 is 19.5 Å². The summed E-state index contributed by atoms with van der Waals surface area (Å²) in [5, 5.41) is 3.37. The van der Waals surface area contributed by atoms with Crippen molar-refractivity contribution in [1.29, 1.82) is 0 Å². The number of nitrogens with one attached hydrogen (secondary N) is 1. The third-order valence-corrected chi connectivity index (χ3v) is 3.75. The molecule has 2 heterocycles. The number of carbonyl (C=O) groups excluding carboxylic acids is 1. The monoisotopic (exact) mass is 306 g/mol. The fourth-order valence-electron chi connectivity index (χ4n) is 2.41. The van der Waals surface area contributed by atoms with Crippen LogP contribution in [0.25, 0.3) is 0 Å². The van der Waals surface area contributed by atoms with Gasteiger partial charge in [-0.15, -0.1) is 0 Å². The van der Waals surface area contributed by atoms with Crippen molar-refractivity contribution in [2.24, 2.45) is 4.99 Å². The molecule has 0 aromatic carbocycles. The molecule has 22 heavy (non-hydrogen) atoms. The average molecular weight is 306 g/mol. The predicted molar refractivity (Wildman–Crippen MR) is 86.8 cm³/mol. The molecule has 6 nitrogen and oxygen atoms in total. The van der Waals surface area contributed by atoms with Gasteiger partial charge in [-0.3, -0.25) is 4.79 Å². The molecule has 0 saturated carbocycles. The molecule has 1 aromatic rings. The Balaban J connectivity index is 1.91. The number of hydrogen-bond donors (Lipinski definition) is 1. The molecule has 2 rings (SSSR count). The van der Waals surface area contributed by atoms with Crippen molar-refractivity contribution in [1.82, 2.24) is 15.1 Å². The lowest BCUT2D eigenvalue weighted by atomic mass is 10.1. The standard InChI is InChI=1S/C16H26N4O2/c1-19(2)15(21)13-18-16(20-10-4-3-5-11-20)17-9-8-14-7-6-12-22-14/h6-7,12H,3-5,8-11,13H2,1-2H3,(H,17,18). The lowest BCUT2D eigenvalue weighted by Gasteiger charge is -2.30. The molecule has 0 atom stereocenters. The van der Waals surface area contributed by atoms with Crippen LogP contribution in [0.4, 0.5) is 0 Å². The maximum atomic E-state index is 11.7. The summed E-state index contributed by atoms with van der Waals surface area (Å²) in [5.41, 5.74) is 0. The Morgan fingerprint density at radius 2 is 2.14 bits per heavy atom. The van der Waals surface area contributed by atoms with E-state index < -0.39 is 0 Å². The Kier molecular flexibility index (Phi) is 6.30. The summed E-state index contributed by atoms with van der Waals surface area (Å²) in [6, 6.07) is 3.86. The van der Waals surface area contributed by atoms with Crippen LogP contribution in [0.15, 0.2) is 27.8 Å². The van der Waals surface area contributed by atoms with E-state index in [1.165, 1.54) is 19.3 Å². The van der Waals surface area contributed by atoms with Gasteiger partial charge in [-0.2, -0.15) is 0 Å². The number of carbonyl (C=O) groups is 1. The molecule has 0 spiro atoms. The number of guanidine groups is 1. The van der Waals surface area contributed by atoms with Gasteiger partial charge in [0.1, 0.15) is 12.3 Å². The summed E-state index contributed by atoms with van der Waals surface area (Å²) in [7, 11) is 3.51. The van der Waals surface area contributed by atoms with Crippen LogP contribution in [0.5, 0.6) is 0 Å². The first kappa shape index (κ1) is 16.4. The Bertz CT molecular complexity index is 476. The van der Waals surface area contributed by atoms with Crippen molar-refractivity contribution in [2.45, 2.75) is 25.7 Å². The van der Waals surface area contributed by atoms with Crippen molar-refractivity contribution in [3.8, 4) is 0 Å². The number of furan rings is 1. The van der Waals surface area contributed by atoms with Crippen LogP contribution in [0.3, 0.4) is 0 Å². The van der Waals surface area contributed by atoms with E-state index >= 15 is 0 Å². The first-order valence-corrected chi connectivity index (χ1v) is 7.92. The minimum atomic E-state index is 0.0161. The summed E-state index contributed by atoms with van der Waals surface area (Å²) >= 11 is 0. The van der Waals surface area contributed by atoms with Gasteiger partial charge in [-0.05, 0) is 31.4 Å². The highest BCUT2D eigenvalue weighted by Gasteiger charge is 2.15. The molecule has 1 amide bonds. The molecule has 0 unspecified atom stereocenters. The fourth-order valence-corrected chi connectivity index (χ4v) is 2.41. The van der Waals surface area contributed by atoms with Gasteiger partial charge in [0.2, 0.25) is 5.91 Å². The zero-order chi connectivity index (χ0) is 15.8. The van der Waals surface area contributed by atoms with E-state index in [4.69, 9.17) is 4.42 Å². The zero-order valence-electron chi connectivity index (χ0n) is 13.5. The molecular weight excluding hydrogens is 280 g/mol. The Labute approximate surface area is 132 Å². The van der Waals surface area contributed by atoms with Gasteiger partial charge in [0, 0.05) is 40.2 Å². The summed E-state index contributed by atoms with van der Waals surface area (Å²) in [6.45, 7) is 2.94. The Morgan fingerprint density at radius 3 is 2.77 bits per heavy atom. The van der Waals surface area contributed by atoms with E-state index in [0.717, 1.165) is 37.8 Å². The molecule has 1 aliphatic rings. The quantitative estimate of drug-likeness (QED) is 0.659. The second-order valence-corrected chi connectivity index (χ2v) is 5.73. The number of likely N-dealkylation sites (tertiary alicyclic amines) is 1. The van der Waals surface area contributed by atoms with Crippen LogP contribution < -0.4 is 5.32 Å². The van der Waals surface area contributed by atoms with Gasteiger partial charge in [0.15, 0.2) is 5.96 Å². The molecule has 1 aliphatic heterocycles. The van der Waals surface area contributed by atoms with Crippen LogP contribution in [0.1, 0.15) is 25.0 Å². The summed E-state index contributed by atoms with van der Waals surface area (Å²) < 4.78 is 5.34. The van der Waals surface area contributed by atoms with Crippen molar-refractivity contribution >= 4 is 11.9 Å². The van der Waals surface area contributed by atoms with Crippen LogP contribution in [0.2, 0.25) is 0 Å². The molecule has 0 bridgehead atoms. The van der Waals surface area contributed by atoms with Gasteiger partial charge in [0.05, 0.1) is 6.26 Å². The maximum Gasteiger partial charge on any atom is 0.243 e. The Hall–Kier alpha value is -1.98. The average Bonchev–Trinajstić information content (AvgIpc) is 3.04. The zero-order valence-corrected chi connectivity index (χ0v) is 13.5. The highest BCUT2D eigenvalue weighted by atomic mass is 16.3. The van der Waals surface area contributed by atoms with E-state index in [9.17, 15) is 4.79 Å². The fraction of sp³-hybridized carbons (Fsp3) is 0.625. The molecule has 122 valence electrons. The molecule has 0 aliphatic carbocycles. The van der Waals surface area contributed by atoms with E-state index in [-0.39, 0.29) is 12.5 Å². The van der Waals surface area contributed by atoms with E-state index in [1.54, 1.807) is 25.3 Å². The lowest BCUT2D eigenvalue weighted by molar-refractivity contribution is -0.127. The number of nitrogens with zero attached hydrogens (tertiary/aromatic N) is 3. The highest BCUT2D eigenvalue weighted by molar-refractivity contribution is 5.84. The normalized spacial score (nSPS) is 15.7. The van der Waals surface area contributed by atoms with Crippen LogP contribution in [-0.4, -0.2) is 61.9 Å². The molecule has 1 aromatic heterocycles. The van der Waals surface area contributed by atoms with Gasteiger partial charge in [-0.1, -0.05) is 0 Å². The van der Waals surface area contributed by atoms with Gasteiger partial charge >= 0.3 is 0 Å². The number of amides is 1. The maximum absolute atomic E-state index is 11.7. The number of hydrogen-bond acceptors (Lipinski definition) is 3. The number of piperidine rings is 1. The third-order valence-electron chi connectivity index (χ3n) is 3.75. The van der Waals surface area contributed by atoms with E-state index in [0.29, 0.717) is 0 Å². The van der Waals surface area contributed by atoms with Crippen molar-refractivity contribution < 1.29 is 9.21 Å². The van der Waals surface area contributed by atoms with Crippen molar-refractivity contribution in [3.05, 3.63) is 24.2 Å². The second-order valence-electron chi connectivity index (χ2n) is 5.73. The number of aliphatic imine (C=N–C) groups is 1. The van der Waals surface area contributed by atoms with Crippen LogP contribution in [-0.2, 0) is 11.2 Å². The second kappa shape index (κ2) is 8.46. The molecule has 0 radical (unpaired) electrons. The minimum Gasteiger partial charge on any atom is -0.469 e. The van der Waals surface area contributed by atoms with Crippen molar-refractivity contribution in [3.63, 3.8) is 0 Å². The summed E-state index contributed by atoms with van der Waals surface area (Å²) in [4.78, 5) is 20.1. The van der Waals surface area contributed by atoms with E-state index in [1.807, 2.05) is 12.1 Å². The Morgan fingerprint density at radius 1 is 1.36 bits per heavy atom. The topological polar surface area (TPSA) is 61.1 Å². The highest BCUT2D eigenvalue weighted by Crippen LogP contribution is 2.09. The van der Waals surface area contributed by atoms with Crippen LogP contribution >= 0.6 is 0 Å². The first-order chi connectivity index (χ1) is 10.7.